The molecule has 1 aliphatic heterocycles. The Hall–Kier alpha value is -1.04. The van der Waals surface area contributed by atoms with Crippen molar-refractivity contribution in [2.45, 2.75) is 13.0 Å². The number of halogens is 1. The van der Waals surface area contributed by atoms with Crippen LogP contribution in [0.5, 0.6) is 6.01 Å². The fourth-order valence-electron chi connectivity index (χ4n) is 1.31. The van der Waals surface area contributed by atoms with E-state index in [4.69, 9.17) is 9.84 Å². The van der Waals surface area contributed by atoms with E-state index in [9.17, 15) is 4.79 Å². The van der Waals surface area contributed by atoms with Crippen molar-refractivity contribution in [2.24, 2.45) is 0 Å². The predicted octanol–water partition coefficient (Wildman–Crippen LogP) is 1.13. The summed E-state index contributed by atoms with van der Waals surface area (Å²) in [4.78, 5) is 14.8. The van der Waals surface area contributed by atoms with Gasteiger partial charge in [-0.25, -0.2) is 4.79 Å². The lowest BCUT2D eigenvalue weighted by atomic mass is 10.4. The predicted molar refractivity (Wildman–Crippen MR) is 47.0 cm³/mol. The quantitative estimate of drug-likeness (QED) is 0.807. The average molecular weight is 247 g/mol. The van der Waals surface area contributed by atoms with Crippen molar-refractivity contribution in [1.82, 2.24) is 9.55 Å². The van der Waals surface area contributed by atoms with E-state index >= 15 is 0 Å². The first-order valence-corrected chi connectivity index (χ1v) is 4.61. The van der Waals surface area contributed by atoms with E-state index in [0.29, 0.717) is 23.8 Å². The number of imidazole rings is 1. The lowest BCUT2D eigenvalue weighted by Crippen LogP contribution is -2.17. The highest BCUT2D eigenvalue weighted by Crippen LogP contribution is 2.25. The Balaban J connectivity index is 2.54. The van der Waals surface area contributed by atoms with Crippen molar-refractivity contribution in [3.8, 4) is 6.01 Å². The number of carboxylic acids is 1. The molecule has 1 aliphatic rings. The summed E-state index contributed by atoms with van der Waals surface area (Å²) in [6.07, 6.45) is 0.816. The van der Waals surface area contributed by atoms with Crippen molar-refractivity contribution in [3.05, 3.63) is 10.3 Å². The summed E-state index contributed by atoms with van der Waals surface area (Å²) < 4.78 is 7.09. The third-order valence-electron chi connectivity index (χ3n) is 1.85. The zero-order valence-electron chi connectivity index (χ0n) is 6.66. The molecule has 13 heavy (non-hydrogen) atoms. The van der Waals surface area contributed by atoms with Gasteiger partial charge in [-0.05, 0) is 22.4 Å². The highest BCUT2D eigenvalue weighted by Gasteiger charge is 2.23. The van der Waals surface area contributed by atoms with Crippen molar-refractivity contribution in [2.75, 3.05) is 6.61 Å². The number of nitrogens with zero attached hydrogens (tertiary/aromatic N) is 2. The molecule has 0 atom stereocenters. The smallest absolute Gasteiger partial charge is 0.355 e. The summed E-state index contributed by atoms with van der Waals surface area (Å²) >= 11 is 3.09. The van der Waals surface area contributed by atoms with Gasteiger partial charge in [0, 0.05) is 6.54 Å². The van der Waals surface area contributed by atoms with E-state index in [-0.39, 0.29) is 5.69 Å². The maximum absolute atomic E-state index is 10.8. The zero-order chi connectivity index (χ0) is 9.42. The van der Waals surface area contributed by atoms with Crippen molar-refractivity contribution in [3.63, 3.8) is 0 Å². The van der Waals surface area contributed by atoms with Crippen LogP contribution >= 0.6 is 15.9 Å². The molecular formula is C7H7BrN2O3. The minimum absolute atomic E-state index is 0.162. The second kappa shape index (κ2) is 3.02. The number of aromatic nitrogens is 2. The maximum atomic E-state index is 10.8. The number of carboxylic acid groups (broad SMARTS) is 1. The summed E-state index contributed by atoms with van der Waals surface area (Å²) in [5.74, 6) is -0.990. The molecule has 1 aromatic heterocycles. The molecule has 0 amide bonds. The fourth-order valence-corrected chi connectivity index (χ4v) is 1.85. The largest absolute Gasteiger partial charge is 0.476 e. The van der Waals surface area contributed by atoms with Gasteiger partial charge in [0.2, 0.25) is 0 Å². The molecule has 70 valence electrons. The Bertz CT molecular complexity index is 361. The molecule has 1 aromatic rings. The van der Waals surface area contributed by atoms with E-state index in [1.807, 2.05) is 0 Å². The minimum atomic E-state index is -0.990. The van der Waals surface area contributed by atoms with Crippen molar-refractivity contribution < 1.29 is 14.6 Å². The second-order valence-electron chi connectivity index (χ2n) is 2.69. The van der Waals surface area contributed by atoms with Crippen LogP contribution in [-0.2, 0) is 6.54 Å². The van der Waals surface area contributed by atoms with Gasteiger partial charge < -0.3 is 9.84 Å². The molecule has 2 heterocycles. The van der Waals surface area contributed by atoms with E-state index in [2.05, 4.69) is 20.9 Å². The van der Waals surface area contributed by atoms with Gasteiger partial charge >= 0.3 is 5.97 Å². The Morgan fingerprint density at radius 2 is 2.46 bits per heavy atom. The summed E-state index contributed by atoms with van der Waals surface area (Å²) in [6.45, 7) is 1.25. The molecule has 0 aliphatic carbocycles. The second-order valence-corrected chi connectivity index (χ2v) is 3.44. The summed E-state index contributed by atoms with van der Waals surface area (Å²) in [5, 5.41) is 8.86. The molecule has 1 N–H and O–H groups in total. The number of aromatic carboxylic acids is 1. The van der Waals surface area contributed by atoms with Crippen molar-refractivity contribution >= 4 is 21.9 Å². The van der Waals surface area contributed by atoms with Gasteiger partial charge in [0.05, 0.1) is 6.61 Å². The number of ether oxygens (including phenoxy) is 1. The van der Waals surface area contributed by atoms with Gasteiger partial charge in [-0.1, -0.05) is 0 Å². The van der Waals surface area contributed by atoms with Gasteiger partial charge in [0.25, 0.3) is 6.01 Å². The molecule has 0 bridgehead atoms. The molecule has 6 heteroatoms. The molecule has 0 radical (unpaired) electrons. The van der Waals surface area contributed by atoms with Crippen LogP contribution in [0, 0.1) is 0 Å². The third kappa shape index (κ3) is 1.31. The average Bonchev–Trinajstić information content (AvgIpc) is 2.39. The van der Waals surface area contributed by atoms with Gasteiger partial charge in [-0.15, -0.1) is 0 Å². The lowest BCUT2D eigenvalue weighted by molar-refractivity contribution is 0.0679. The van der Waals surface area contributed by atoms with Gasteiger partial charge in [-0.2, -0.15) is 4.98 Å². The van der Waals surface area contributed by atoms with Crippen LogP contribution in [0.25, 0.3) is 0 Å². The summed E-state index contributed by atoms with van der Waals surface area (Å²) in [7, 11) is 0. The van der Waals surface area contributed by atoms with Crippen LogP contribution < -0.4 is 4.74 Å². The van der Waals surface area contributed by atoms with Crippen molar-refractivity contribution in [1.29, 1.82) is 0 Å². The van der Waals surface area contributed by atoms with Crippen LogP contribution in [0.3, 0.4) is 0 Å². The summed E-state index contributed by atoms with van der Waals surface area (Å²) in [5.41, 5.74) is 0.162. The molecule has 5 nitrogen and oxygen atoms in total. The molecular weight excluding hydrogens is 240 g/mol. The van der Waals surface area contributed by atoms with Gasteiger partial charge in [-0.3, -0.25) is 4.57 Å². The first kappa shape index (κ1) is 8.55. The van der Waals surface area contributed by atoms with Gasteiger partial charge in [0.15, 0.2) is 5.69 Å². The SMILES string of the molecule is O=C(O)c1c(Br)nc2n1CCCO2. The molecule has 0 saturated heterocycles. The highest BCUT2D eigenvalue weighted by molar-refractivity contribution is 9.10. The van der Waals surface area contributed by atoms with Crippen LogP contribution in [0.15, 0.2) is 4.60 Å². The third-order valence-corrected chi connectivity index (χ3v) is 2.40. The number of hydrogen-bond acceptors (Lipinski definition) is 3. The molecule has 2 rings (SSSR count). The van der Waals surface area contributed by atoms with Crippen LogP contribution in [-0.4, -0.2) is 27.2 Å². The van der Waals surface area contributed by atoms with Crippen LogP contribution in [0.1, 0.15) is 16.9 Å². The van der Waals surface area contributed by atoms with Crippen LogP contribution in [0.2, 0.25) is 0 Å². The Labute approximate surface area is 82.5 Å². The molecule has 0 spiro atoms. The lowest BCUT2D eigenvalue weighted by Gasteiger charge is -2.15. The first-order chi connectivity index (χ1) is 6.20. The normalized spacial score (nSPS) is 14.8. The van der Waals surface area contributed by atoms with E-state index in [0.717, 1.165) is 6.42 Å². The number of rotatable bonds is 1. The highest BCUT2D eigenvalue weighted by atomic mass is 79.9. The van der Waals surface area contributed by atoms with E-state index < -0.39 is 5.97 Å². The van der Waals surface area contributed by atoms with Gasteiger partial charge in [0.1, 0.15) is 4.60 Å². The Kier molecular flexibility index (Phi) is 1.99. The fraction of sp³-hybridized carbons (Fsp3) is 0.429. The molecule has 0 aromatic carbocycles. The number of fused-ring (bicyclic) bond motifs is 1. The minimum Gasteiger partial charge on any atom is -0.476 e. The Morgan fingerprint density at radius 1 is 1.69 bits per heavy atom. The van der Waals surface area contributed by atoms with E-state index in [1.165, 1.54) is 0 Å². The zero-order valence-corrected chi connectivity index (χ0v) is 8.24. The standard InChI is InChI=1S/C7H7BrN2O3/c8-5-4(6(11)12)10-2-1-3-13-7(10)9-5/h1-3H2,(H,11,12). The first-order valence-electron chi connectivity index (χ1n) is 3.82. The van der Waals surface area contributed by atoms with Crippen LogP contribution in [0.4, 0.5) is 0 Å². The maximum Gasteiger partial charge on any atom is 0.355 e. The molecule has 0 saturated carbocycles. The van der Waals surface area contributed by atoms with E-state index in [1.54, 1.807) is 4.57 Å². The summed E-state index contributed by atoms with van der Waals surface area (Å²) in [6, 6.07) is 0.385. The molecule has 0 unspecified atom stereocenters. The molecule has 0 fully saturated rings. The Morgan fingerprint density at radius 3 is 3.15 bits per heavy atom. The number of hydrogen-bond donors (Lipinski definition) is 1. The monoisotopic (exact) mass is 246 g/mol. The number of carbonyl (C=O) groups is 1. The topological polar surface area (TPSA) is 64.3 Å².